The molecule has 0 radical (unpaired) electrons. The minimum Gasteiger partial charge on any atom is -0.481 e. The third kappa shape index (κ3) is 12.6. The van der Waals surface area contributed by atoms with Crippen molar-refractivity contribution in [3.63, 3.8) is 0 Å². The van der Waals surface area contributed by atoms with E-state index in [2.05, 4.69) is 5.32 Å². The number of carboxylic acid groups (broad SMARTS) is 1. The average molecular weight is 161 g/mol. The highest BCUT2D eigenvalue weighted by Crippen LogP contribution is 1.87. The molecule has 0 amide bonds. The molecule has 1 unspecified atom stereocenters. The van der Waals surface area contributed by atoms with Crippen molar-refractivity contribution in [2.45, 2.75) is 40.2 Å². The SMILES string of the molecule is CC.CCNC(C)CC(=O)O. The highest BCUT2D eigenvalue weighted by atomic mass is 16.4. The summed E-state index contributed by atoms with van der Waals surface area (Å²) in [5.41, 5.74) is 0. The number of hydrogen-bond donors (Lipinski definition) is 2. The fraction of sp³-hybridized carbons (Fsp3) is 0.875. The number of rotatable bonds is 4. The summed E-state index contributed by atoms with van der Waals surface area (Å²) in [6.07, 6.45) is 0.202. The van der Waals surface area contributed by atoms with Crippen molar-refractivity contribution in [2.24, 2.45) is 0 Å². The topological polar surface area (TPSA) is 49.3 Å². The van der Waals surface area contributed by atoms with E-state index in [1.165, 1.54) is 0 Å². The zero-order chi connectivity index (χ0) is 9.28. The van der Waals surface area contributed by atoms with Gasteiger partial charge in [0.1, 0.15) is 0 Å². The first kappa shape index (κ1) is 13.1. The molecule has 3 heteroatoms. The molecule has 0 fully saturated rings. The smallest absolute Gasteiger partial charge is 0.304 e. The molecule has 0 aliphatic heterocycles. The van der Waals surface area contributed by atoms with Gasteiger partial charge in [-0.05, 0) is 13.5 Å². The van der Waals surface area contributed by atoms with Crippen LogP contribution in [0.4, 0.5) is 0 Å². The van der Waals surface area contributed by atoms with Crippen LogP contribution in [0.3, 0.4) is 0 Å². The molecular formula is C8H19NO2. The van der Waals surface area contributed by atoms with Gasteiger partial charge in [0.05, 0.1) is 6.42 Å². The van der Waals surface area contributed by atoms with Crippen molar-refractivity contribution in [1.82, 2.24) is 5.32 Å². The summed E-state index contributed by atoms with van der Waals surface area (Å²) in [6.45, 7) is 8.64. The monoisotopic (exact) mass is 161 g/mol. The van der Waals surface area contributed by atoms with E-state index in [9.17, 15) is 4.79 Å². The maximum absolute atomic E-state index is 10.0. The highest BCUT2D eigenvalue weighted by molar-refractivity contribution is 5.67. The number of hydrogen-bond acceptors (Lipinski definition) is 2. The second-order valence-electron chi connectivity index (χ2n) is 2.06. The van der Waals surface area contributed by atoms with Crippen LogP contribution >= 0.6 is 0 Å². The van der Waals surface area contributed by atoms with Crippen LogP contribution in [0.15, 0.2) is 0 Å². The molecule has 0 heterocycles. The Morgan fingerprint density at radius 3 is 2.27 bits per heavy atom. The second-order valence-corrected chi connectivity index (χ2v) is 2.06. The Balaban J connectivity index is 0. The largest absolute Gasteiger partial charge is 0.481 e. The first-order chi connectivity index (χ1) is 5.16. The Morgan fingerprint density at radius 2 is 2.00 bits per heavy atom. The fourth-order valence-corrected chi connectivity index (χ4v) is 0.683. The third-order valence-electron chi connectivity index (χ3n) is 1.03. The van der Waals surface area contributed by atoms with Crippen LogP contribution in [0.1, 0.15) is 34.1 Å². The van der Waals surface area contributed by atoms with Crippen molar-refractivity contribution in [3.8, 4) is 0 Å². The standard InChI is InChI=1S/C6H13NO2.C2H6/c1-3-7-5(2)4-6(8)9;1-2/h5,7H,3-4H2,1-2H3,(H,8,9);1-2H3. The van der Waals surface area contributed by atoms with Gasteiger partial charge in [0.25, 0.3) is 0 Å². The Bertz CT molecular complexity index is 94.1. The quantitative estimate of drug-likeness (QED) is 0.656. The van der Waals surface area contributed by atoms with Crippen LogP contribution in [0.5, 0.6) is 0 Å². The molecule has 3 nitrogen and oxygen atoms in total. The van der Waals surface area contributed by atoms with E-state index in [1.807, 2.05) is 27.7 Å². The Labute approximate surface area is 68.8 Å². The summed E-state index contributed by atoms with van der Waals surface area (Å²) in [5.74, 6) is -0.747. The third-order valence-corrected chi connectivity index (χ3v) is 1.03. The van der Waals surface area contributed by atoms with Gasteiger partial charge in [-0.1, -0.05) is 20.8 Å². The van der Waals surface area contributed by atoms with E-state index in [4.69, 9.17) is 5.11 Å². The summed E-state index contributed by atoms with van der Waals surface area (Å²) in [6, 6.07) is 0.0903. The van der Waals surface area contributed by atoms with Gasteiger partial charge >= 0.3 is 5.97 Å². The summed E-state index contributed by atoms with van der Waals surface area (Å²) >= 11 is 0. The number of nitrogens with one attached hydrogen (secondary N) is 1. The minimum absolute atomic E-state index is 0.0903. The summed E-state index contributed by atoms with van der Waals surface area (Å²) < 4.78 is 0. The highest BCUT2D eigenvalue weighted by Gasteiger charge is 2.03. The maximum Gasteiger partial charge on any atom is 0.304 e. The van der Waals surface area contributed by atoms with E-state index in [0.717, 1.165) is 6.54 Å². The van der Waals surface area contributed by atoms with Crippen LogP contribution in [0, 0.1) is 0 Å². The van der Waals surface area contributed by atoms with Crippen molar-refractivity contribution in [2.75, 3.05) is 6.54 Å². The van der Waals surface area contributed by atoms with Crippen molar-refractivity contribution >= 4 is 5.97 Å². The molecule has 2 N–H and O–H groups in total. The van der Waals surface area contributed by atoms with Crippen molar-refractivity contribution in [3.05, 3.63) is 0 Å². The molecule has 1 atom stereocenters. The van der Waals surface area contributed by atoms with Crippen LogP contribution in [0.2, 0.25) is 0 Å². The molecule has 0 spiro atoms. The molecule has 11 heavy (non-hydrogen) atoms. The van der Waals surface area contributed by atoms with Crippen molar-refractivity contribution < 1.29 is 9.90 Å². The summed E-state index contributed by atoms with van der Waals surface area (Å²) in [5, 5.41) is 11.3. The van der Waals surface area contributed by atoms with Gasteiger partial charge in [-0.15, -0.1) is 0 Å². The molecule has 68 valence electrons. The molecule has 0 saturated carbocycles. The average Bonchev–Trinajstić information content (AvgIpc) is 1.91. The van der Waals surface area contributed by atoms with Gasteiger partial charge in [0.2, 0.25) is 0 Å². The predicted octanol–water partition coefficient (Wildman–Crippen LogP) is 1.49. The summed E-state index contributed by atoms with van der Waals surface area (Å²) in [4.78, 5) is 10.0. The lowest BCUT2D eigenvalue weighted by atomic mass is 10.2. The minimum atomic E-state index is -0.747. The van der Waals surface area contributed by atoms with Gasteiger partial charge in [-0.2, -0.15) is 0 Å². The van der Waals surface area contributed by atoms with Gasteiger partial charge in [-0.25, -0.2) is 0 Å². The Morgan fingerprint density at radius 1 is 1.55 bits per heavy atom. The Hall–Kier alpha value is -0.570. The van der Waals surface area contributed by atoms with E-state index >= 15 is 0 Å². The van der Waals surface area contributed by atoms with E-state index in [1.54, 1.807) is 0 Å². The molecule has 0 aliphatic carbocycles. The van der Waals surface area contributed by atoms with E-state index in [0.29, 0.717) is 0 Å². The van der Waals surface area contributed by atoms with Crippen molar-refractivity contribution in [1.29, 1.82) is 0 Å². The zero-order valence-corrected chi connectivity index (χ0v) is 7.85. The second kappa shape index (κ2) is 9.43. The first-order valence-corrected chi connectivity index (χ1v) is 4.12. The molecular weight excluding hydrogens is 142 g/mol. The zero-order valence-electron chi connectivity index (χ0n) is 7.85. The lowest BCUT2D eigenvalue weighted by molar-refractivity contribution is -0.137. The molecule has 0 aromatic rings. The van der Waals surface area contributed by atoms with Crippen LogP contribution < -0.4 is 5.32 Å². The van der Waals surface area contributed by atoms with E-state index in [-0.39, 0.29) is 12.5 Å². The van der Waals surface area contributed by atoms with Gasteiger partial charge < -0.3 is 10.4 Å². The molecule has 0 saturated heterocycles. The Kier molecular flexibility index (Phi) is 11.2. The number of carboxylic acids is 1. The van der Waals surface area contributed by atoms with Gasteiger partial charge in [-0.3, -0.25) is 4.79 Å². The number of carbonyl (C=O) groups is 1. The maximum atomic E-state index is 10.0. The van der Waals surface area contributed by atoms with Gasteiger partial charge in [0.15, 0.2) is 0 Å². The lowest BCUT2D eigenvalue weighted by Gasteiger charge is -2.07. The predicted molar refractivity (Wildman–Crippen MR) is 46.7 cm³/mol. The molecule has 0 aromatic carbocycles. The summed E-state index contributed by atoms with van der Waals surface area (Å²) in [7, 11) is 0. The molecule has 0 aliphatic rings. The molecule has 0 bridgehead atoms. The number of aliphatic carboxylic acids is 1. The molecule has 0 rings (SSSR count). The van der Waals surface area contributed by atoms with Crippen LogP contribution in [-0.4, -0.2) is 23.7 Å². The van der Waals surface area contributed by atoms with Crippen LogP contribution in [0.25, 0.3) is 0 Å². The first-order valence-electron chi connectivity index (χ1n) is 4.12. The normalized spacial score (nSPS) is 11.3. The molecule has 0 aromatic heterocycles. The lowest BCUT2D eigenvalue weighted by Crippen LogP contribution is -2.27. The van der Waals surface area contributed by atoms with Gasteiger partial charge in [0, 0.05) is 6.04 Å². The fourth-order valence-electron chi connectivity index (χ4n) is 0.683. The van der Waals surface area contributed by atoms with E-state index < -0.39 is 5.97 Å². The van der Waals surface area contributed by atoms with Crippen LogP contribution in [-0.2, 0) is 4.79 Å².